The van der Waals surface area contributed by atoms with Crippen LogP contribution in [-0.2, 0) is 16.1 Å². The molecule has 1 aromatic heterocycles. The Kier molecular flexibility index (Phi) is 8.05. The van der Waals surface area contributed by atoms with Gasteiger partial charge >= 0.3 is 0 Å². The summed E-state index contributed by atoms with van der Waals surface area (Å²) >= 11 is 0. The smallest absolute Gasteiger partial charge is 0.281 e. The lowest BCUT2D eigenvalue weighted by atomic mass is 9.98. The molecule has 12 heteroatoms. The Morgan fingerprint density at radius 2 is 2.18 bits per heavy atom. The van der Waals surface area contributed by atoms with Crippen LogP contribution in [0.3, 0.4) is 0 Å². The lowest BCUT2D eigenvalue weighted by molar-refractivity contribution is -0.133. The average molecular weight is 480 g/mol. The number of hydrazine groups is 2. The molecule has 10 nitrogen and oxygen atoms in total. The molecule has 0 saturated heterocycles. The number of aromatic nitrogens is 1. The van der Waals surface area contributed by atoms with Crippen LogP contribution in [0.1, 0.15) is 31.4 Å². The van der Waals surface area contributed by atoms with Crippen LogP contribution in [0.15, 0.2) is 36.3 Å². The SMILES string of the molecule is CCC(F)(F)COc1ncc(CN2C=C3C(C=CNC3C(=O)N(N)CCNC(C)=O)N2)cc1C. The molecule has 0 spiro atoms. The summed E-state index contributed by atoms with van der Waals surface area (Å²) in [6, 6.07) is 0.993. The summed E-state index contributed by atoms with van der Waals surface area (Å²) in [6.07, 6.45) is 6.71. The van der Waals surface area contributed by atoms with Crippen LogP contribution in [-0.4, -0.2) is 64.5 Å². The van der Waals surface area contributed by atoms with Crippen molar-refractivity contribution < 1.29 is 23.1 Å². The van der Waals surface area contributed by atoms with Gasteiger partial charge in [0, 0.05) is 43.4 Å². The van der Waals surface area contributed by atoms with E-state index in [4.69, 9.17) is 10.6 Å². The fourth-order valence-electron chi connectivity index (χ4n) is 3.57. The number of nitrogens with zero attached hydrogens (tertiary/aromatic N) is 3. The van der Waals surface area contributed by atoms with Gasteiger partial charge in [-0.3, -0.25) is 14.6 Å². The molecule has 2 amide bonds. The van der Waals surface area contributed by atoms with Crippen molar-refractivity contribution in [3.63, 3.8) is 0 Å². The number of nitrogens with two attached hydrogens (primary N) is 1. The minimum absolute atomic E-state index is 0.179. The van der Waals surface area contributed by atoms with Gasteiger partial charge in [0.25, 0.3) is 11.8 Å². The Hall–Kier alpha value is -3.25. The van der Waals surface area contributed by atoms with Gasteiger partial charge in [-0.1, -0.05) is 6.92 Å². The standard InChI is InChI=1S/C22H31F2N7O3/c1-4-22(23,24)13-34-20-14(2)9-16(10-28-20)11-30-12-17-18(29-30)5-6-27-19(17)21(33)31(25)8-7-26-15(3)32/h5-6,9-10,12,18-19,27,29H,4,7-8,11,13,25H2,1-3H3,(H,26,32). The summed E-state index contributed by atoms with van der Waals surface area (Å²) in [7, 11) is 0. The molecule has 0 radical (unpaired) electrons. The quantitative estimate of drug-likeness (QED) is 0.220. The van der Waals surface area contributed by atoms with Crippen molar-refractivity contribution in [2.75, 3.05) is 19.7 Å². The first-order chi connectivity index (χ1) is 16.1. The number of nitrogens with one attached hydrogen (secondary N) is 3. The third-order valence-corrected chi connectivity index (χ3v) is 5.49. The molecule has 0 bridgehead atoms. The molecule has 0 aliphatic carbocycles. The largest absolute Gasteiger partial charge is 0.471 e. The maximum atomic E-state index is 13.5. The van der Waals surface area contributed by atoms with E-state index in [9.17, 15) is 18.4 Å². The van der Waals surface area contributed by atoms with Crippen LogP contribution in [0, 0.1) is 6.92 Å². The van der Waals surface area contributed by atoms with Crippen LogP contribution < -0.4 is 26.6 Å². The van der Waals surface area contributed by atoms with E-state index in [1.54, 1.807) is 19.3 Å². The second kappa shape index (κ2) is 10.8. The Bertz CT molecular complexity index is 970. The maximum Gasteiger partial charge on any atom is 0.281 e. The zero-order valence-corrected chi connectivity index (χ0v) is 19.5. The van der Waals surface area contributed by atoms with E-state index in [2.05, 4.69) is 21.0 Å². The van der Waals surface area contributed by atoms with Crippen molar-refractivity contribution in [1.82, 2.24) is 31.1 Å². The zero-order chi connectivity index (χ0) is 24.9. The van der Waals surface area contributed by atoms with E-state index in [-0.39, 0.29) is 43.2 Å². The number of pyridine rings is 1. The van der Waals surface area contributed by atoms with Crippen molar-refractivity contribution in [3.8, 4) is 5.88 Å². The number of halogens is 2. The van der Waals surface area contributed by atoms with E-state index in [1.807, 2.05) is 23.4 Å². The molecule has 34 heavy (non-hydrogen) atoms. The maximum absolute atomic E-state index is 13.5. The number of amides is 2. The summed E-state index contributed by atoms with van der Waals surface area (Å²) in [6.45, 7) is 4.71. The number of carbonyl (C=O) groups excluding carboxylic acids is 2. The number of carbonyl (C=O) groups is 2. The summed E-state index contributed by atoms with van der Waals surface area (Å²) < 4.78 is 32.1. The number of rotatable bonds is 10. The van der Waals surface area contributed by atoms with Gasteiger partial charge < -0.3 is 20.4 Å². The van der Waals surface area contributed by atoms with E-state index < -0.39 is 18.6 Å². The molecule has 186 valence electrons. The minimum Gasteiger partial charge on any atom is -0.471 e. The Morgan fingerprint density at radius 1 is 1.41 bits per heavy atom. The lowest BCUT2D eigenvalue weighted by Gasteiger charge is -2.28. The van der Waals surface area contributed by atoms with E-state index in [0.717, 1.165) is 16.1 Å². The van der Waals surface area contributed by atoms with E-state index in [0.29, 0.717) is 12.1 Å². The summed E-state index contributed by atoms with van der Waals surface area (Å²) in [5, 5.41) is 8.56. The highest BCUT2D eigenvalue weighted by Crippen LogP contribution is 2.25. The number of alkyl halides is 2. The van der Waals surface area contributed by atoms with Gasteiger partial charge in [-0.15, -0.1) is 0 Å². The average Bonchev–Trinajstić information content (AvgIpc) is 3.20. The Labute approximate surface area is 197 Å². The molecule has 0 fully saturated rings. The van der Waals surface area contributed by atoms with E-state index >= 15 is 0 Å². The number of hydrogen-bond acceptors (Lipinski definition) is 8. The van der Waals surface area contributed by atoms with Gasteiger partial charge in [0.15, 0.2) is 6.61 Å². The molecule has 0 aromatic carbocycles. The highest BCUT2D eigenvalue weighted by atomic mass is 19.3. The first-order valence-electron chi connectivity index (χ1n) is 11.0. The van der Waals surface area contributed by atoms with Crippen LogP contribution >= 0.6 is 0 Å². The Balaban J connectivity index is 1.62. The fraction of sp³-hybridized carbons (Fsp3) is 0.500. The zero-order valence-electron chi connectivity index (χ0n) is 19.5. The highest BCUT2D eigenvalue weighted by molar-refractivity contribution is 5.85. The summed E-state index contributed by atoms with van der Waals surface area (Å²) in [5.74, 6) is 2.67. The molecule has 2 unspecified atom stereocenters. The first-order valence-corrected chi connectivity index (χ1v) is 11.0. The molecule has 2 atom stereocenters. The second-order valence-corrected chi connectivity index (χ2v) is 8.30. The molecule has 5 N–H and O–H groups in total. The van der Waals surface area contributed by atoms with Crippen LogP contribution in [0.2, 0.25) is 0 Å². The van der Waals surface area contributed by atoms with Gasteiger partial charge in [0.05, 0.1) is 19.1 Å². The van der Waals surface area contributed by atoms with E-state index in [1.165, 1.54) is 13.8 Å². The third-order valence-electron chi connectivity index (χ3n) is 5.49. The van der Waals surface area contributed by atoms with Gasteiger partial charge in [-0.05, 0) is 30.8 Å². The molecular formula is C22H31F2N7O3. The predicted molar refractivity (Wildman–Crippen MR) is 121 cm³/mol. The number of hydrogen-bond donors (Lipinski definition) is 4. The molecule has 3 heterocycles. The van der Waals surface area contributed by atoms with Crippen LogP contribution in [0.25, 0.3) is 0 Å². The van der Waals surface area contributed by atoms with Crippen molar-refractivity contribution in [2.24, 2.45) is 5.84 Å². The third kappa shape index (κ3) is 6.41. The molecule has 3 rings (SSSR count). The molecule has 1 aromatic rings. The second-order valence-electron chi connectivity index (χ2n) is 8.30. The van der Waals surface area contributed by atoms with Crippen molar-refractivity contribution in [1.29, 1.82) is 0 Å². The summed E-state index contributed by atoms with van der Waals surface area (Å²) in [4.78, 5) is 28.1. The fourth-order valence-corrected chi connectivity index (χ4v) is 3.57. The van der Waals surface area contributed by atoms with Gasteiger partial charge in [0.1, 0.15) is 6.04 Å². The number of ether oxygens (including phenoxy) is 1. The number of aryl methyl sites for hydroxylation is 1. The van der Waals surface area contributed by atoms with Crippen LogP contribution in [0.5, 0.6) is 5.88 Å². The minimum atomic E-state index is -2.90. The predicted octanol–water partition coefficient (Wildman–Crippen LogP) is 0.711. The first kappa shape index (κ1) is 25.4. The van der Waals surface area contributed by atoms with Gasteiger partial charge in [-0.25, -0.2) is 25.0 Å². The van der Waals surface area contributed by atoms with Crippen molar-refractivity contribution in [3.05, 3.63) is 47.4 Å². The molecule has 2 aliphatic rings. The summed E-state index contributed by atoms with van der Waals surface area (Å²) in [5.41, 5.74) is 5.59. The molecule has 0 saturated carbocycles. The van der Waals surface area contributed by atoms with Gasteiger partial charge in [0.2, 0.25) is 11.8 Å². The monoisotopic (exact) mass is 479 g/mol. The normalized spacial score (nSPS) is 19.2. The molecular weight excluding hydrogens is 448 g/mol. The van der Waals surface area contributed by atoms with Gasteiger partial charge in [-0.2, -0.15) is 0 Å². The topological polar surface area (TPSA) is 125 Å². The Morgan fingerprint density at radius 3 is 2.85 bits per heavy atom. The van der Waals surface area contributed by atoms with Crippen LogP contribution in [0.4, 0.5) is 8.78 Å². The van der Waals surface area contributed by atoms with Crippen molar-refractivity contribution >= 4 is 11.8 Å². The molecule has 2 aliphatic heterocycles. The highest BCUT2D eigenvalue weighted by Gasteiger charge is 2.36. The van der Waals surface area contributed by atoms with Crippen molar-refractivity contribution in [2.45, 2.75) is 51.7 Å². The number of fused-ring (bicyclic) bond motifs is 1. The lowest BCUT2D eigenvalue weighted by Crippen LogP contribution is -2.54.